The number of ether oxygens (including phenoxy) is 1. The Kier molecular flexibility index (Phi) is 5.76. The van der Waals surface area contributed by atoms with E-state index < -0.39 is 27.2 Å². The van der Waals surface area contributed by atoms with Gasteiger partial charge in [0.1, 0.15) is 0 Å². The highest BCUT2D eigenvalue weighted by Crippen LogP contribution is 2.31. The molecule has 0 aromatic rings. The Labute approximate surface area is 115 Å². The van der Waals surface area contributed by atoms with Crippen LogP contribution in [0.2, 0.25) is 0 Å². The van der Waals surface area contributed by atoms with Gasteiger partial charge in [0, 0.05) is 12.6 Å². The SMILES string of the molecule is COC(=O)C1CCCC1S(=O)(=O)NCC(C)N(C)C. The highest BCUT2D eigenvalue weighted by atomic mass is 32.2. The lowest BCUT2D eigenvalue weighted by molar-refractivity contribution is -0.145. The van der Waals surface area contributed by atoms with E-state index in [0.717, 1.165) is 6.42 Å². The molecule has 7 heteroatoms. The average Bonchev–Trinajstić information content (AvgIpc) is 2.84. The second-order valence-corrected chi connectivity index (χ2v) is 7.29. The Balaban J connectivity index is 2.68. The number of carbonyl (C=O) groups is 1. The molecule has 0 heterocycles. The highest BCUT2D eigenvalue weighted by molar-refractivity contribution is 7.90. The minimum absolute atomic E-state index is 0.104. The van der Waals surface area contributed by atoms with Crippen molar-refractivity contribution >= 4 is 16.0 Å². The van der Waals surface area contributed by atoms with Crippen LogP contribution in [0.15, 0.2) is 0 Å². The summed E-state index contributed by atoms with van der Waals surface area (Å²) in [6.45, 7) is 2.29. The summed E-state index contributed by atoms with van der Waals surface area (Å²) in [5, 5.41) is -0.658. The van der Waals surface area contributed by atoms with Crippen LogP contribution in [-0.2, 0) is 19.6 Å². The molecule has 1 aliphatic rings. The molecule has 0 amide bonds. The van der Waals surface area contributed by atoms with Crippen molar-refractivity contribution < 1.29 is 17.9 Å². The summed E-state index contributed by atoms with van der Waals surface area (Å²) < 4.78 is 31.8. The van der Waals surface area contributed by atoms with Crippen molar-refractivity contribution in [1.29, 1.82) is 0 Å². The molecule has 3 unspecified atom stereocenters. The third-order valence-electron chi connectivity index (χ3n) is 3.82. The van der Waals surface area contributed by atoms with Gasteiger partial charge in [-0.25, -0.2) is 13.1 Å². The Morgan fingerprint density at radius 1 is 1.42 bits per heavy atom. The molecule has 19 heavy (non-hydrogen) atoms. The fraction of sp³-hybridized carbons (Fsp3) is 0.917. The molecule has 112 valence electrons. The van der Waals surface area contributed by atoms with Crippen LogP contribution >= 0.6 is 0 Å². The quantitative estimate of drug-likeness (QED) is 0.708. The minimum Gasteiger partial charge on any atom is -0.469 e. The predicted octanol–water partition coefficient (Wildman–Crippen LogP) is 0.198. The van der Waals surface area contributed by atoms with Crippen molar-refractivity contribution in [3.8, 4) is 0 Å². The van der Waals surface area contributed by atoms with E-state index in [2.05, 4.69) is 9.46 Å². The van der Waals surface area contributed by atoms with Gasteiger partial charge in [0.05, 0.1) is 18.3 Å². The molecule has 0 aromatic carbocycles. The number of hydrogen-bond donors (Lipinski definition) is 1. The fourth-order valence-electron chi connectivity index (χ4n) is 2.24. The molecule has 1 rings (SSSR count). The van der Waals surface area contributed by atoms with Gasteiger partial charge in [0.25, 0.3) is 0 Å². The molecule has 0 spiro atoms. The molecule has 0 aromatic heterocycles. The zero-order valence-corrected chi connectivity index (χ0v) is 12.9. The monoisotopic (exact) mass is 292 g/mol. The molecule has 3 atom stereocenters. The summed E-state index contributed by atoms with van der Waals surface area (Å²) in [5.74, 6) is -0.953. The summed E-state index contributed by atoms with van der Waals surface area (Å²) in [6, 6.07) is 0.104. The van der Waals surface area contributed by atoms with Gasteiger partial charge >= 0.3 is 5.97 Å². The number of nitrogens with one attached hydrogen (secondary N) is 1. The molecular weight excluding hydrogens is 268 g/mol. The smallest absolute Gasteiger partial charge is 0.310 e. The van der Waals surface area contributed by atoms with E-state index in [-0.39, 0.29) is 6.04 Å². The maximum atomic E-state index is 12.3. The van der Waals surface area contributed by atoms with Gasteiger partial charge in [-0.1, -0.05) is 6.42 Å². The second kappa shape index (κ2) is 6.67. The van der Waals surface area contributed by atoms with E-state index in [9.17, 15) is 13.2 Å². The molecule has 0 bridgehead atoms. The number of esters is 1. The Morgan fingerprint density at radius 3 is 2.58 bits per heavy atom. The van der Waals surface area contributed by atoms with E-state index in [4.69, 9.17) is 0 Å². The van der Waals surface area contributed by atoms with Gasteiger partial charge in [0.2, 0.25) is 10.0 Å². The number of nitrogens with zero attached hydrogens (tertiary/aromatic N) is 1. The average molecular weight is 292 g/mol. The van der Waals surface area contributed by atoms with Gasteiger partial charge < -0.3 is 9.64 Å². The lowest BCUT2D eigenvalue weighted by atomic mass is 10.1. The molecule has 0 saturated heterocycles. The third kappa shape index (κ3) is 4.15. The molecule has 1 fully saturated rings. The zero-order chi connectivity index (χ0) is 14.6. The first-order valence-electron chi connectivity index (χ1n) is 6.52. The lowest BCUT2D eigenvalue weighted by Crippen LogP contribution is -2.44. The van der Waals surface area contributed by atoms with Crippen molar-refractivity contribution in [3.63, 3.8) is 0 Å². The van der Waals surface area contributed by atoms with Crippen molar-refractivity contribution in [2.24, 2.45) is 5.92 Å². The van der Waals surface area contributed by atoms with Gasteiger partial charge in [-0.2, -0.15) is 0 Å². The van der Waals surface area contributed by atoms with Crippen LogP contribution < -0.4 is 4.72 Å². The van der Waals surface area contributed by atoms with Crippen molar-refractivity contribution in [3.05, 3.63) is 0 Å². The van der Waals surface area contributed by atoms with Crippen molar-refractivity contribution in [2.45, 2.75) is 37.5 Å². The van der Waals surface area contributed by atoms with E-state index in [1.165, 1.54) is 7.11 Å². The van der Waals surface area contributed by atoms with E-state index in [1.54, 1.807) is 0 Å². The maximum Gasteiger partial charge on any atom is 0.310 e. The van der Waals surface area contributed by atoms with Crippen LogP contribution in [0.25, 0.3) is 0 Å². The Bertz CT molecular complexity index is 408. The topological polar surface area (TPSA) is 75.7 Å². The number of likely N-dealkylation sites (N-methyl/N-ethyl adjacent to an activating group) is 1. The Hall–Kier alpha value is -0.660. The van der Waals surface area contributed by atoms with Gasteiger partial charge in [0.15, 0.2) is 0 Å². The van der Waals surface area contributed by atoms with E-state index >= 15 is 0 Å². The van der Waals surface area contributed by atoms with Crippen LogP contribution in [0.1, 0.15) is 26.2 Å². The maximum absolute atomic E-state index is 12.3. The second-order valence-electron chi connectivity index (χ2n) is 5.31. The van der Waals surface area contributed by atoms with E-state index in [1.807, 2.05) is 25.9 Å². The third-order valence-corrected chi connectivity index (χ3v) is 5.75. The summed E-state index contributed by atoms with van der Waals surface area (Å²) in [5.41, 5.74) is 0. The van der Waals surface area contributed by atoms with Crippen LogP contribution in [-0.4, -0.2) is 58.3 Å². The molecule has 0 radical (unpaired) electrons. The highest BCUT2D eigenvalue weighted by Gasteiger charge is 2.42. The van der Waals surface area contributed by atoms with E-state index in [0.29, 0.717) is 19.4 Å². The molecule has 1 aliphatic carbocycles. The van der Waals surface area contributed by atoms with Gasteiger partial charge in [-0.3, -0.25) is 4.79 Å². The number of sulfonamides is 1. The number of hydrogen-bond acceptors (Lipinski definition) is 5. The predicted molar refractivity (Wildman–Crippen MR) is 73.2 cm³/mol. The molecular formula is C12H24N2O4S. The van der Waals surface area contributed by atoms with Gasteiger partial charge in [-0.15, -0.1) is 0 Å². The van der Waals surface area contributed by atoms with Gasteiger partial charge in [-0.05, 0) is 33.9 Å². The van der Waals surface area contributed by atoms with Crippen LogP contribution in [0.4, 0.5) is 0 Å². The molecule has 1 N–H and O–H groups in total. The Morgan fingerprint density at radius 2 is 2.05 bits per heavy atom. The van der Waals surface area contributed by atoms with Crippen LogP contribution in [0.3, 0.4) is 0 Å². The minimum atomic E-state index is -3.47. The zero-order valence-electron chi connectivity index (χ0n) is 12.0. The number of carbonyl (C=O) groups excluding carboxylic acids is 1. The summed E-state index contributed by atoms with van der Waals surface area (Å²) in [6.07, 6.45) is 1.85. The lowest BCUT2D eigenvalue weighted by Gasteiger charge is -2.23. The number of methoxy groups -OCH3 is 1. The number of rotatable bonds is 6. The first-order valence-corrected chi connectivity index (χ1v) is 8.07. The normalized spacial score (nSPS) is 25.5. The molecule has 1 saturated carbocycles. The van der Waals surface area contributed by atoms with Crippen LogP contribution in [0, 0.1) is 5.92 Å². The largest absolute Gasteiger partial charge is 0.469 e. The first kappa shape index (κ1) is 16.4. The summed E-state index contributed by atoms with van der Waals surface area (Å²) in [4.78, 5) is 13.5. The van der Waals surface area contributed by atoms with Crippen molar-refractivity contribution in [2.75, 3.05) is 27.7 Å². The fourth-order valence-corrected chi connectivity index (χ4v) is 4.09. The van der Waals surface area contributed by atoms with Crippen molar-refractivity contribution in [1.82, 2.24) is 9.62 Å². The van der Waals surface area contributed by atoms with Crippen LogP contribution in [0.5, 0.6) is 0 Å². The summed E-state index contributed by atoms with van der Waals surface area (Å²) >= 11 is 0. The molecule has 0 aliphatic heterocycles. The standard InChI is InChI=1S/C12H24N2O4S/c1-9(14(2)3)8-13-19(16,17)11-7-5-6-10(11)12(15)18-4/h9-11,13H,5-8H2,1-4H3. The first-order chi connectivity index (χ1) is 8.79. The summed E-state index contributed by atoms with van der Waals surface area (Å²) in [7, 11) is 1.62. The molecule has 6 nitrogen and oxygen atoms in total.